The van der Waals surface area contributed by atoms with Crippen LogP contribution in [0.1, 0.15) is 6.92 Å². The standard InChI is InChI=1S/C21H16N4O3/c1-14-19(20(26)25(23-14)16-10-3-2-4-11-16)24-28-21(27)22-18-13-7-9-15-8-5-6-12-17(15)18/h2-13H,1H3,(H,22,27). The van der Waals surface area contributed by atoms with E-state index < -0.39 is 12.0 Å². The molecule has 4 rings (SSSR count). The molecule has 138 valence electrons. The molecule has 0 fully saturated rings. The fraction of sp³-hybridized carbons (Fsp3) is 0.0476. The average molecular weight is 372 g/mol. The molecule has 3 aromatic rings. The summed E-state index contributed by atoms with van der Waals surface area (Å²) in [5, 5.41) is 13.6. The molecule has 0 saturated heterocycles. The number of hydrogen-bond donors (Lipinski definition) is 1. The lowest BCUT2D eigenvalue weighted by Crippen LogP contribution is -2.27. The van der Waals surface area contributed by atoms with Gasteiger partial charge in [-0.25, -0.2) is 4.79 Å². The lowest BCUT2D eigenvalue weighted by Gasteiger charge is -2.10. The van der Waals surface area contributed by atoms with Crippen LogP contribution in [0.25, 0.3) is 10.8 Å². The van der Waals surface area contributed by atoms with Crippen molar-refractivity contribution in [1.29, 1.82) is 0 Å². The first-order valence-electron chi connectivity index (χ1n) is 8.62. The molecule has 1 heterocycles. The van der Waals surface area contributed by atoms with Crippen molar-refractivity contribution in [2.75, 3.05) is 10.3 Å². The summed E-state index contributed by atoms with van der Waals surface area (Å²) in [5.41, 5.74) is 1.55. The number of amides is 2. The second-order valence-corrected chi connectivity index (χ2v) is 6.11. The lowest BCUT2D eigenvalue weighted by molar-refractivity contribution is -0.112. The Morgan fingerprint density at radius 1 is 1.00 bits per heavy atom. The van der Waals surface area contributed by atoms with Gasteiger partial charge in [-0.1, -0.05) is 59.8 Å². The van der Waals surface area contributed by atoms with Gasteiger partial charge in [-0.2, -0.15) is 10.1 Å². The highest BCUT2D eigenvalue weighted by Crippen LogP contribution is 2.23. The largest absolute Gasteiger partial charge is 0.437 e. The Kier molecular flexibility index (Phi) is 4.55. The topological polar surface area (TPSA) is 83.4 Å². The molecule has 1 aliphatic rings. The van der Waals surface area contributed by atoms with Crippen LogP contribution in [-0.2, 0) is 9.63 Å². The number of benzene rings is 3. The summed E-state index contributed by atoms with van der Waals surface area (Å²) in [6.07, 6.45) is -0.789. The minimum Gasteiger partial charge on any atom is -0.297 e. The van der Waals surface area contributed by atoms with Crippen LogP contribution in [0, 0.1) is 0 Å². The Balaban J connectivity index is 1.49. The summed E-state index contributed by atoms with van der Waals surface area (Å²) in [6, 6.07) is 22.1. The zero-order valence-electron chi connectivity index (χ0n) is 15.0. The monoisotopic (exact) mass is 372 g/mol. The first kappa shape index (κ1) is 17.4. The van der Waals surface area contributed by atoms with E-state index in [9.17, 15) is 9.59 Å². The Morgan fingerprint density at radius 3 is 2.54 bits per heavy atom. The predicted molar refractivity (Wildman–Crippen MR) is 109 cm³/mol. The molecule has 7 heteroatoms. The maximum atomic E-state index is 12.5. The average Bonchev–Trinajstić information content (AvgIpc) is 3.01. The third-order valence-electron chi connectivity index (χ3n) is 4.23. The molecule has 0 aliphatic carbocycles. The van der Waals surface area contributed by atoms with Crippen molar-refractivity contribution in [3.05, 3.63) is 72.8 Å². The molecule has 1 N–H and O–H groups in total. The van der Waals surface area contributed by atoms with Crippen LogP contribution >= 0.6 is 0 Å². The van der Waals surface area contributed by atoms with Gasteiger partial charge in [0.05, 0.1) is 17.1 Å². The molecular weight excluding hydrogens is 356 g/mol. The highest BCUT2D eigenvalue weighted by molar-refractivity contribution is 6.71. The van der Waals surface area contributed by atoms with E-state index in [2.05, 4.69) is 15.6 Å². The van der Waals surface area contributed by atoms with Crippen molar-refractivity contribution in [3.63, 3.8) is 0 Å². The number of fused-ring (bicyclic) bond motifs is 1. The Labute approximate surface area is 160 Å². The molecule has 0 unspecified atom stereocenters. The maximum Gasteiger partial charge on any atom is 0.437 e. The van der Waals surface area contributed by atoms with Gasteiger partial charge < -0.3 is 0 Å². The predicted octanol–water partition coefficient (Wildman–Crippen LogP) is 4.17. The lowest BCUT2D eigenvalue weighted by atomic mass is 10.1. The fourth-order valence-electron chi connectivity index (χ4n) is 2.90. The van der Waals surface area contributed by atoms with Crippen molar-refractivity contribution in [2.45, 2.75) is 6.92 Å². The number of rotatable bonds is 3. The molecular formula is C21H16N4O3. The summed E-state index contributed by atoms with van der Waals surface area (Å²) in [7, 11) is 0. The first-order valence-corrected chi connectivity index (χ1v) is 8.62. The Hall–Kier alpha value is -4.00. The molecule has 0 aromatic heterocycles. The van der Waals surface area contributed by atoms with E-state index in [4.69, 9.17) is 4.84 Å². The second-order valence-electron chi connectivity index (χ2n) is 6.11. The number of nitrogens with one attached hydrogen (secondary N) is 1. The SMILES string of the molecule is CC1=NN(c2ccccc2)C(=O)C1=NOC(=O)Nc1cccc2ccccc12. The van der Waals surface area contributed by atoms with Crippen LogP contribution in [0.3, 0.4) is 0 Å². The molecule has 2 amide bonds. The van der Waals surface area contributed by atoms with E-state index in [1.54, 1.807) is 37.3 Å². The van der Waals surface area contributed by atoms with Crippen LogP contribution in [-0.4, -0.2) is 23.4 Å². The van der Waals surface area contributed by atoms with Gasteiger partial charge in [0.2, 0.25) is 0 Å². The van der Waals surface area contributed by atoms with E-state index in [1.807, 2.05) is 42.5 Å². The summed E-state index contributed by atoms with van der Waals surface area (Å²) in [4.78, 5) is 29.6. The van der Waals surface area contributed by atoms with Crippen LogP contribution in [0.2, 0.25) is 0 Å². The number of nitrogens with zero attached hydrogens (tertiary/aromatic N) is 3. The van der Waals surface area contributed by atoms with Crippen LogP contribution in [0.5, 0.6) is 0 Å². The van der Waals surface area contributed by atoms with Crippen molar-refractivity contribution >= 4 is 45.6 Å². The van der Waals surface area contributed by atoms with E-state index in [0.717, 1.165) is 10.8 Å². The fourth-order valence-corrected chi connectivity index (χ4v) is 2.90. The number of hydrogen-bond acceptors (Lipinski definition) is 5. The minimum atomic E-state index is -0.789. The van der Waals surface area contributed by atoms with Crippen molar-refractivity contribution in [2.24, 2.45) is 10.3 Å². The normalized spacial score (nSPS) is 15.0. The maximum absolute atomic E-state index is 12.5. The van der Waals surface area contributed by atoms with Crippen LogP contribution in [0.4, 0.5) is 16.2 Å². The van der Waals surface area contributed by atoms with E-state index in [-0.39, 0.29) is 5.71 Å². The van der Waals surface area contributed by atoms with Crippen molar-refractivity contribution in [3.8, 4) is 0 Å². The van der Waals surface area contributed by atoms with E-state index in [0.29, 0.717) is 17.1 Å². The van der Waals surface area contributed by atoms with Gasteiger partial charge in [-0.05, 0) is 30.5 Å². The molecule has 3 aromatic carbocycles. The quantitative estimate of drug-likeness (QED) is 0.553. The third-order valence-corrected chi connectivity index (χ3v) is 4.23. The first-order chi connectivity index (χ1) is 13.6. The van der Waals surface area contributed by atoms with Gasteiger partial charge >= 0.3 is 12.0 Å². The summed E-state index contributed by atoms with van der Waals surface area (Å²) >= 11 is 0. The van der Waals surface area contributed by atoms with Gasteiger partial charge in [-0.15, -0.1) is 0 Å². The summed E-state index contributed by atoms with van der Waals surface area (Å²) in [5.74, 6) is -0.457. The minimum absolute atomic E-state index is 0.0167. The molecule has 7 nitrogen and oxygen atoms in total. The molecule has 0 saturated carbocycles. The molecule has 0 radical (unpaired) electrons. The van der Waals surface area contributed by atoms with E-state index >= 15 is 0 Å². The number of para-hydroxylation sites is 1. The smallest absolute Gasteiger partial charge is 0.297 e. The number of oxime groups is 1. The number of hydrazone groups is 1. The van der Waals surface area contributed by atoms with Gasteiger partial charge in [0.1, 0.15) is 0 Å². The highest BCUT2D eigenvalue weighted by Gasteiger charge is 2.31. The molecule has 0 atom stereocenters. The highest BCUT2D eigenvalue weighted by atomic mass is 16.7. The van der Waals surface area contributed by atoms with Gasteiger partial charge in [0.15, 0.2) is 5.71 Å². The van der Waals surface area contributed by atoms with Gasteiger partial charge in [0, 0.05) is 5.39 Å². The van der Waals surface area contributed by atoms with Crippen LogP contribution in [0.15, 0.2) is 83.1 Å². The number of carbonyl (C=O) groups is 2. The summed E-state index contributed by atoms with van der Waals surface area (Å²) < 4.78 is 0. The van der Waals surface area contributed by atoms with Gasteiger partial charge in [0.25, 0.3) is 0 Å². The zero-order valence-corrected chi connectivity index (χ0v) is 15.0. The van der Waals surface area contributed by atoms with Crippen LogP contribution < -0.4 is 10.3 Å². The van der Waals surface area contributed by atoms with Crippen molar-refractivity contribution in [1.82, 2.24) is 0 Å². The summed E-state index contributed by atoms with van der Waals surface area (Å²) in [6.45, 7) is 1.63. The molecule has 0 bridgehead atoms. The molecule has 28 heavy (non-hydrogen) atoms. The molecule has 1 aliphatic heterocycles. The van der Waals surface area contributed by atoms with E-state index in [1.165, 1.54) is 5.01 Å². The number of anilines is 2. The Bertz CT molecular complexity index is 1120. The Morgan fingerprint density at radius 2 is 1.71 bits per heavy atom. The zero-order chi connectivity index (χ0) is 19.5. The molecule has 0 spiro atoms. The van der Waals surface area contributed by atoms with Crippen molar-refractivity contribution < 1.29 is 14.4 Å². The second kappa shape index (κ2) is 7.32. The third kappa shape index (κ3) is 3.33. The number of carbonyl (C=O) groups excluding carboxylic acids is 2. The van der Waals surface area contributed by atoms with Gasteiger partial charge in [-0.3, -0.25) is 14.9 Å².